The van der Waals surface area contributed by atoms with Crippen LogP contribution in [0.3, 0.4) is 0 Å². The van der Waals surface area contributed by atoms with Gasteiger partial charge in [0.05, 0.1) is 13.3 Å². The van der Waals surface area contributed by atoms with Crippen molar-refractivity contribution in [3.63, 3.8) is 0 Å². The number of carbonyl (C=O) groups excluding carboxylic acids is 2. The molecule has 0 saturated carbocycles. The molecule has 1 fully saturated rings. The van der Waals surface area contributed by atoms with Gasteiger partial charge in [0.25, 0.3) is 5.91 Å². The van der Waals surface area contributed by atoms with E-state index in [2.05, 4.69) is 17.0 Å². The fraction of sp³-hybridized carbons (Fsp3) is 0.190. The molecule has 1 heterocycles. The number of amides is 3. The highest BCUT2D eigenvalue weighted by molar-refractivity contribution is 6.07. The fourth-order valence-corrected chi connectivity index (χ4v) is 2.85. The molecule has 1 atom stereocenters. The van der Waals surface area contributed by atoms with Crippen LogP contribution in [0.15, 0.2) is 66.3 Å². The van der Waals surface area contributed by atoms with E-state index in [9.17, 15) is 9.59 Å². The molecule has 0 radical (unpaired) electrons. The second kappa shape index (κ2) is 7.96. The number of urea groups is 1. The van der Waals surface area contributed by atoms with Crippen molar-refractivity contribution >= 4 is 18.2 Å². The molecule has 3 rings (SSSR count). The number of ether oxygens (including phenoxy) is 2. The number of benzene rings is 2. The summed E-state index contributed by atoms with van der Waals surface area (Å²) in [4.78, 5) is 25.1. The van der Waals surface area contributed by atoms with E-state index >= 15 is 0 Å². The molecule has 1 aliphatic rings. The number of carbonyl (C=O) groups is 2. The molecule has 144 valence electrons. The van der Waals surface area contributed by atoms with Crippen LogP contribution in [0.1, 0.15) is 18.1 Å². The smallest absolute Gasteiger partial charge is 0.346 e. The molecular formula is C21H21N3O4. The Bertz CT molecular complexity index is 927. The van der Waals surface area contributed by atoms with Gasteiger partial charge in [-0.05, 0) is 36.2 Å². The van der Waals surface area contributed by atoms with Crippen molar-refractivity contribution in [1.82, 2.24) is 10.3 Å². The second-order valence-electron chi connectivity index (χ2n) is 6.29. The van der Waals surface area contributed by atoms with Crippen LogP contribution in [0.25, 0.3) is 0 Å². The Kier molecular flexibility index (Phi) is 5.44. The van der Waals surface area contributed by atoms with Crippen LogP contribution in [0.5, 0.6) is 11.5 Å². The SMILES string of the molecule is C=CCOc1ccc(/C=N\N2C(=O)N[C@](C)(c3ccccc3)C2=O)cc1OC. The average Bonchev–Trinajstić information content (AvgIpc) is 2.95. The number of nitrogens with one attached hydrogen (secondary N) is 1. The summed E-state index contributed by atoms with van der Waals surface area (Å²) in [5, 5.41) is 7.62. The van der Waals surface area contributed by atoms with Gasteiger partial charge in [0.15, 0.2) is 11.5 Å². The summed E-state index contributed by atoms with van der Waals surface area (Å²) in [6, 6.07) is 13.7. The Morgan fingerprint density at radius 2 is 1.93 bits per heavy atom. The first kappa shape index (κ1) is 19.2. The fourth-order valence-electron chi connectivity index (χ4n) is 2.85. The number of imide groups is 1. The third-order valence-corrected chi connectivity index (χ3v) is 4.39. The van der Waals surface area contributed by atoms with E-state index in [0.29, 0.717) is 29.2 Å². The van der Waals surface area contributed by atoms with Crippen molar-refractivity contribution in [3.8, 4) is 11.5 Å². The molecule has 0 spiro atoms. The summed E-state index contributed by atoms with van der Waals surface area (Å²) in [7, 11) is 1.53. The lowest BCUT2D eigenvalue weighted by Gasteiger charge is -2.20. The van der Waals surface area contributed by atoms with Crippen LogP contribution < -0.4 is 14.8 Å². The van der Waals surface area contributed by atoms with Gasteiger partial charge in [0, 0.05) is 0 Å². The van der Waals surface area contributed by atoms with Gasteiger partial charge in [0.2, 0.25) is 0 Å². The summed E-state index contributed by atoms with van der Waals surface area (Å²) in [6.07, 6.45) is 3.06. The zero-order valence-corrected chi connectivity index (χ0v) is 15.7. The molecule has 3 amide bonds. The first-order valence-electron chi connectivity index (χ1n) is 8.67. The van der Waals surface area contributed by atoms with Crippen molar-refractivity contribution < 1.29 is 19.1 Å². The third-order valence-electron chi connectivity index (χ3n) is 4.39. The van der Waals surface area contributed by atoms with Crippen LogP contribution in [0.4, 0.5) is 4.79 Å². The van der Waals surface area contributed by atoms with Crippen LogP contribution in [0.2, 0.25) is 0 Å². The molecule has 28 heavy (non-hydrogen) atoms. The molecule has 0 bridgehead atoms. The van der Waals surface area contributed by atoms with Crippen LogP contribution in [-0.4, -0.2) is 36.9 Å². The Balaban J connectivity index is 1.81. The summed E-state index contributed by atoms with van der Waals surface area (Å²) in [5.74, 6) is 0.626. The number of methoxy groups -OCH3 is 1. The summed E-state index contributed by atoms with van der Waals surface area (Å²) < 4.78 is 10.8. The van der Waals surface area contributed by atoms with Gasteiger partial charge in [-0.2, -0.15) is 5.10 Å². The Hall–Kier alpha value is -3.61. The zero-order valence-electron chi connectivity index (χ0n) is 15.7. The standard InChI is InChI=1S/C21H21N3O4/c1-4-12-28-17-11-10-15(13-18(17)27-3)14-22-24-19(25)21(2,23-20(24)26)16-8-6-5-7-9-16/h4-11,13-14H,1,12H2,2-3H3,(H,23,26)/b22-14-/t21-/m1/s1. The molecule has 1 saturated heterocycles. The highest BCUT2D eigenvalue weighted by Crippen LogP contribution is 2.30. The quantitative estimate of drug-likeness (QED) is 0.455. The van der Waals surface area contributed by atoms with Gasteiger partial charge < -0.3 is 14.8 Å². The maximum Gasteiger partial charge on any atom is 0.346 e. The minimum atomic E-state index is -1.16. The molecule has 0 aliphatic carbocycles. The van der Waals surface area contributed by atoms with Crippen molar-refractivity contribution in [2.45, 2.75) is 12.5 Å². The van der Waals surface area contributed by atoms with Crippen molar-refractivity contribution in [2.75, 3.05) is 13.7 Å². The third kappa shape index (κ3) is 3.59. The topological polar surface area (TPSA) is 80.2 Å². The molecule has 7 nitrogen and oxygen atoms in total. The molecule has 1 aliphatic heterocycles. The van der Waals surface area contributed by atoms with E-state index < -0.39 is 17.5 Å². The van der Waals surface area contributed by atoms with E-state index in [1.807, 2.05) is 18.2 Å². The molecule has 0 aromatic heterocycles. The van der Waals surface area contributed by atoms with Gasteiger partial charge in [-0.15, -0.1) is 5.01 Å². The van der Waals surface area contributed by atoms with Crippen LogP contribution in [0, 0.1) is 0 Å². The first-order chi connectivity index (χ1) is 13.5. The number of rotatable bonds is 7. The van der Waals surface area contributed by atoms with Gasteiger partial charge >= 0.3 is 6.03 Å². The highest BCUT2D eigenvalue weighted by Gasteiger charge is 2.49. The van der Waals surface area contributed by atoms with Crippen LogP contribution >= 0.6 is 0 Å². The molecule has 2 aromatic carbocycles. The van der Waals surface area contributed by atoms with E-state index in [1.165, 1.54) is 13.3 Å². The zero-order chi connectivity index (χ0) is 20.1. The maximum absolute atomic E-state index is 12.8. The summed E-state index contributed by atoms with van der Waals surface area (Å²) >= 11 is 0. The first-order valence-corrected chi connectivity index (χ1v) is 8.67. The minimum Gasteiger partial charge on any atom is -0.493 e. The van der Waals surface area contributed by atoms with Crippen molar-refractivity contribution in [2.24, 2.45) is 5.10 Å². The largest absolute Gasteiger partial charge is 0.493 e. The monoisotopic (exact) mass is 379 g/mol. The molecular weight excluding hydrogens is 358 g/mol. The Morgan fingerprint density at radius 1 is 1.18 bits per heavy atom. The second-order valence-corrected chi connectivity index (χ2v) is 6.29. The van der Waals surface area contributed by atoms with Crippen molar-refractivity contribution in [3.05, 3.63) is 72.3 Å². The Morgan fingerprint density at radius 3 is 2.61 bits per heavy atom. The number of hydrogen-bond donors (Lipinski definition) is 1. The van der Waals surface area contributed by atoms with Crippen molar-refractivity contribution in [1.29, 1.82) is 0 Å². The number of hydrazone groups is 1. The molecule has 7 heteroatoms. The number of nitrogens with zero attached hydrogens (tertiary/aromatic N) is 2. The van der Waals surface area contributed by atoms with Crippen LogP contribution in [-0.2, 0) is 10.3 Å². The number of hydrogen-bond acceptors (Lipinski definition) is 5. The lowest BCUT2D eigenvalue weighted by atomic mass is 9.92. The highest BCUT2D eigenvalue weighted by atomic mass is 16.5. The van der Waals surface area contributed by atoms with E-state index in [4.69, 9.17) is 9.47 Å². The van der Waals surface area contributed by atoms with Gasteiger partial charge in [-0.25, -0.2) is 4.79 Å². The average molecular weight is 379 g/mol. The van der Waals surface area contributed by atoms with E-state index in [1.54, 1.807) is 43.3 Å². The molecule has 1 N–H and O–H groups in total. The lowest BCUT2D eigenvalue weighted by Crippen LogP contribution is -2.40. The predicted octanol–water partition coefficient (Wildman–Crippen LogP) is 3.06. The minimum absolute atomic E-state index is 0.352. The molecule has 2 aromatic rings. The van der Waals surface area contributed by atoms with Gasteiger partial charge in [-0.1, -0.05) is 43.0 Å². The van der Waals surface area contributed by atoms with E-state index in [0.717, 1.165) is 5.01 Å². The summed E-state index contributed by atoms with van der Waals surface area (Å²) in [5.41, 5.74) is 0.184. The maximum atomic E-state index is 12.8. The predicted molar refractivity (Wildman–Crippen MR) is 105 cm³/mol. The lowest BCUT2D eigenvalue weighted by molar-refractivity contribution is -0.131. The van der Waals surface area contributed by atoms with E-state index in [-0.39, 0.29) is 0 Å². The van der Waals surface area contributed by atoms with Gasteiger partial charge in [0.1, 0.15) is 12.1 Å². The summed E-state index contributed by atoms with van der Waals surface area (Å²) in [6.45, 7) is 5.62. The normalized spacial score (nSPS) is 19.0. The molecule has 0 unspecified atom stereocenters. The van der Waals surface area contributed by atoms with Gasteiger partial charge in [-0.3, -0.25) is 4.79 Å². The Labute approximate surface area is 163 Å².